The average Bonchev–Trinajstić information content (AvgIpc) is 3.16. The lowest BCUT2D eigenvalue weighted by Crippen LogP contribution is -2.46. The van der Waals surface area contributed by atoms with E-state index in [1.165, 1.54) is 18.2 Å². The van der Waals surface area contributed by atoms with Crippen LogP contribution in [0.4, 0.5) is 26.2 Å². The summed E-state index contributed by atoms with van der Waals surface area (Å²) in [5.41, 5.74) is 4.30. The van der Waals surface area contributed by atoms with Crippen molar-refractivity contribution in [2.24, 2.45) is 0 Å². The van der Waals surface area contributed by atoms with Crippen molar-refractivity contribution >= 4 is 23.1 Å². The van der Waals surface area contributed by atoms with Crippen LogP contribution in [0.2, 0.25) is 0 Å². The number of likely N-dealkylation sites (tertiary alicyclic amines) is 1. The predicted octanol–water partition coefficient (Wildman–Crippen LogP) is 5.63. The molecule has 3 aromatic carbocycles. The number of non-ortho nitro benzene ring substituents is 1. The Morgan fingerprint density at radius 3 is 2.40 bits per heavy atom. The van der Waals surface area contributed by atoms with E-state index in [4.69, 9.17) is 0 Å². The predicted molar refractivity (Wildman–Crippen MR) is 133 cm³/mol. The molecule has 2 aliphatic heterocycles. The Hall–Kier alpha value is -3.78. The number of carbonyl (C=O) groups is 1. The first-order valence-corrected chi connectivity index (χ1v) is 11.7. The zero-order valence-electron chi connectivity index (χ0n) is 19.5. The maximum atomic E-state index is 14.3. The van der Waals surface area contributed by atoms with Crippen molar-refractivity contribution in [2.75, 3.05) is 29.9 Å². The summed E-state index contributed by atoms with van der Waals surface area (Å²) in [7, 11) is 0. The molecule has 1 spiro atoms. The summed E-state index contributed by atoms with van der Waals surface area (Å²) in [4.78, 5) is 27.8. The number of fused-ring (bicyclic) bond motifs is 2. The summed E-state index contributed by atoms with van der Waals surface area (Å²) in [6, 6.07) is 18.8. The first kappa shape index (κ1) is 23.0. The van der Waals surface area contributed by atoms with Crippen molar-refractivity contribution in [3.63, 3.8) is 0 Å². The van der Waals surface area contributed by atoms with Crippen LogP contribution in [-0.2, 0) is 12.0 Å². The second kappa shape index (κ2) is 9.11. The minimum absolute atomic E-state index is 0.0833. The Kier molecular flexibility index (Phi) is 5.98. The number of rotatable bonds is 4. The summed E-state index contributed by atoms with van der Waals surface area (Å²) >= 11 is 0. The number of halogens is 1. The number of urea groups is 1. The van der Waals surface area contributed by atoms with Crippen LogP contribution in [0.25, 0.3) is 0 Å². The van der Waals surface area contributed by atoms with Crippen LogP contribution < -0.4 is 10.2 Å². The Morgan fingerprint density at radius 1 is 1.06 bits per heavy atom. The molecule has 0 saturated carbocycles. The zero-order chi connectivity index (χ0) is 24.6. The van der Waals surface area contributed by atoms with Gasteiger partial charge in [0.1, 0.15) is 5.82 Å². The lowest BCUT2D eigenvalue weighted by Gasteiger charge is -2.40. The number of amides is 2. The minimum Gasteiger partial charge on any atom is -0.308 e. The number of piperidine rings is 1. The molecule has 2 amide bonds. The van der Waals surface area contributed by atoms with E-state index in [9.17, 15) is 19.3 Å². The molecule has 8 heteroatoms. The molecule has 0 atom stereocenters. The van der Waals surface area contributed by atoms with Gasteiger partial charge in [-0.1, -0.05) is 29.8 Å². The summed E-state index contributed by atoms with van der Waals surface area (Å²) in [5.74, 6) is -0.294. The fourth-order valence-electron chi connectivity index (χ4n) is 5.20. The SMILES string of the molecule is Cc1ccc(NC(=O)N2CC3(CCN(Cc4ccc([N+](=O)[O-])cc4)CC3)c3cc(F)ccc32)cc1. The van der Waals surface area contributed by atoms with Crippen LogP contribution in [0, 0.1) is 22.9 Å². The quantitative estimate of drug-likeness (QED) is 0.393. The van der Waals surface area contributed by atoms with Gasteiger partial charge in [0.15, 0.2) is 0 Å². The standard InChI is InChI=1S/C27H27FN4O3/c1-19-2-7-22(8-3-19)29-26(33)31-18-27(24-16-21(28)6-11-25(24)31)12-14-30(15-13-27)17-20-4-9-23(10-5-20)32(34)35/h2-11,16H,12-15,17-18H2,1H3,(H,29,33). The third kappa shape index (κ3) is 4.61. The number of hydrogen-bond donors (Lipinski definition) is 1. The van der Waals surface area contributed by atoms with Gasteiger partial charge in [-0.25, -0.2) is 9.18 Å². The van der Waals surface area contributed by atoms with Crippen LogP contribution in [0.3, 0.4) is 0 Å². The van der Waals surface area contributed by atoms with E-state index in [0.29, 0.717) is 13.1 Å². The van der Waals surface area contributed by atoms with Gasteiger partial charge in [-0.3, -0.25) is 19.9 Å². The van der Waals surface area contributed by atoms with Crippen molar-refractivity contribution in [1.82, 2.24) is 4.90 Å². The van der Waals surface area contributed by atoms with E-state index in [1.54, 1.807) is 29.2 Å². The molecular formula is C27H27FN4O3. The number of nitrogens with zero attached hydrogens (tertiary/aromatic N) is 3. The number of benzene rings is 3. The normalized spacial score (nSPS) is 16.8. The smallest absolute Gasteiger partial charge is 0.308 e. The number of nitrogens with one attached hydrogen (secondary N) is 1. The van der Waals surface area contributed by atoms with Crippen LogP contribution in [0.1, 0.15) is 29.5 Å². The largest absolute Gasteiger partial charge is 0.326 e. The molecule has 35 heavy (non-hydrogen) atoms. The fourth-order valence-corrected chi connectivity index (χ4v) is 5.20. The number of hydrogen-bond acceptors (Lipinski definition) is 4. The molecule has 0 bridgehead atoms. The van der Waals surface area contributed by atoms with Crippen molar-refractivity contribution in [2.45, 2.75) is 31.7 Å². The van der Waals surface area contributed by atoms with Crippen LogP contribution >= 0.6 is 0 Å². The van der Waals surface area contributed by atoms with Crippen molar-refractivity contribution in [3.05, 3.63) is 99.4 Å². The summed E-state index contributed by atoms with van der Waals surface area (Å²) < 4.78 is 14.3. The second-order valence-electron chi connectivity index (χ2n) is 9.52. The van der Waals surface area contributed by atoms with Gasteiger partial charge < -0.3 is 5.32 Å². The van der Waals surface area contributed by atoms with E-state index < -0.39 is 4.92 Å². The first-order valence-electron chi connectivity index (χ1n) is 11.7. The highest BCUT2D eigenvalue weighted by molar-refractivity contribution is 6.03. The number of aryl methyl sites for hydroxylation is 1. The minimum atomic E-state index is -0.397. The van der Waals surface area contributed by atoms with Crippen LogP contribution in [-0.4, -0.2) is 35.5 Å². The molecule has 1 fully saturated rings. The lowest BCUT2D eigenvalue weighted by atomic mass is 9.74. The number of nitro benzene ring substituents is 1. The van der Waals surface area contributed by atoms with Gasteiger partial charge in [0, 0.05) is 42.0 Å². The van der Waals surface area contributed by atoms with Crippen molar-refractivity contribution < 1.29 is 14.1 Å². The Morgan fingerprint density at radius 2 is 1.74 bits per heavy atom. The number of anilines is 2. The summed E-state index contributed by atoms with van der Waals surface area (Å²) in [5, 5.41) is 13.9. The molecule has 0 aliphatic carbocycles. The molecular weight excluding hydrogens is 447 g/mol. The van der Waals surface area contributed by atoms with Gasteiger partial charge in [0.25, 0.3) is 5.69 Å². The van der Waals surface area contributed by atoms with Crippen molar-refractivity contribution in [3.8, 4) is 0 Å². The highest BCUT2D eigenvalue weighted by Gasteiger charge is 2.46. The Balaban J connectivity index is 1.31. The maximum absolute atomic E-state index is 14.3. The molecule has 0 radical (unpaired) electrons. The Labute approximate surface area is 203 Å². The highest BCUT2D eigenvalue weighted by Crippen LogP contribution is 2.47. The molecule has 1 N–H and O–H groups in total. The van der Waals surface area contributed by atoms with Gasteiger partial charge in [-0.15, -0.1) is 0 Å². The second-order valence-corrected chi connectivity index (χ2v) is 9.52. The monoisotopic (exact) mass is 474 g/mol. The molecule has 3 aromatic rings. The van der Waals surface area contributed by atoms with E-state index in [1.807, 2.05) is 31.2 Å². The van der Waals surface area contributed by atoms with Crippen LogP contribution in [0.5, 0.6) is 0 Å². The summed E-state index contributed by atoms with van der Waals surface area (Å²) in [6.07, 6.45) is 1.59. The molecule has 7 nitrogen and oxygen atoms in total. The van der Waals surface area contributed by atoms with Crippen molar-refractivity contribution in [1.29, 1.82) is 0 Å². The third-order valence-electron chi connectivity index (χ3n) is 7.20. The van der Waals surface area contributed by atoms with Gasteiger partial charge in [-0.2, -0.15) is 0 Å². The van der Waals surface area contributed by atoms with Gasteiger partial charge >= 0.3 is 6.03 Å². The topological polar surface area (TPSA) is 78.7 Å². The number of carbonyl (C=O) groups excluding carboxylic acids is 1. The molecule has 180 valence electrons. The van der Waals surface area contributed by atoms with E-state index in [0.717, 1.165) is 54.0 Å². The fraction of sp³-hybridized carbons (Fsp3) is 0.296. The first-order chi connectivity index (χ1) is 16.8. The maximum Gasteiger partial charge on any atom is 0.326 e. The molecule has 2 aliphatic rings. The Bertz CT molecular complexity index is 1250. The van der Waals surface area contributed by atoms with Crippen LogP contribution in [0.15, 0.2) is 66.7 Å². The zero-order valence-corrected chi connectivity index (χ0v) is 19.5. The molecule has 0 unspecified atom stereocenters. The molecule has 1 saturated heterocycles. The molecule has 0 aromatic heterocycles. The van der Waals surface area contributed by atoms with E-state index in [-0.39, 0.29) is 23.0 Å². The summed E-state index contributed by atoms with van der Waals surface area (Å²) in [6.45, 7) is 4.78. The van der Waals surface area contributed by atoms with Gasteiger partial charge in [-0.05, 0) is 74.3 Å². The van der Waals surface area contributed by atoms with Gasteiger partial charge in [0.2, 0.25) is 0 Å². The molecule has 5 rings (SSSR count). The number of nitro groups is 1. The highest BCUT2D eigenvalue weighted by atomic mass is 19.1. The third-order valence-corrected chi connectivity index (χ3v) is 7.20. The van der Waals surface area contributed by atoms with E-state index in [2.05, 4.69) is 10.2 Å². The van der Waals surface area contributed by atoms with Gasteiger partial charge in [0.05, 0.1) is 4.92 Å². The lowest BCUT2D eigenvalue weighted by molar-refractivity contribution is -0.384. The molecule has 2 heterocycles. The van der Waals surface area contributed by atoms with E-state index >= 15 is 0 Å². The average molecular weight is 475 g/mol.